The summed E-state index contributed by atoms with van der Waals surface area (Å²) in [4.78, 5) is 0. The lowest BCUT2D eigenvalue weighted by Gasteiger charge is -2.16. The van der Waals surface area contributed by atoms with E-state index in [2.05, 4.69) is 29.8 Å². The molecule has 0 spiro atoms. The molecular formula is C17H18BrFO. The molecule has 2 aromatic rings. The van der Waals surface area contributed by atoms with E-state index in [4.69, 9.17) is 0 Å². The van der Waals surface area contributed by atoms with Crippen LogP contribution in [0.4, 0.5) is 4.39 Å². The number of hydrogen-bond acceptors (Lipinski definition) is 1. The maximum absolute atomic E-state index is 13.4. The molecule has 0 heterocycles. The minimum absolute atomic E-state index is 0.344. The summed E-state index contributed by atoms with van der Waals surface area (Å²) in [5.41, 5.74) is 3.87. The molecule has 0 saturated carbocycles. The number of benzene rings is 2. The lowest BCUT2D eigenvalue weighted by Crippen LogP contribution is -2.03. The fourth-order valence-electron chi connectivity index (χ4n) is 2.39. The second-order valence-corrected chi connectivity index (χ2v) is 5.66. The van der Waals surface area contributed by atoms with Crippen molar-refractivity contribution in [3.8, 4) is 0 Å². The standard InChI is InChI=1S/C17H18BrFO/c1-3-11-5-6-13(9-12(11)4-2)17(20)15-10-14(19)7-8-16(15)18/h5-10,17,20H,3-4H2,1-2H3. The quantitative estimate of drug-likeness (QED) is 0.850. The number of aryl methyl sites for hydroxylation is 2. The Labute approximate surface area is 127 Å². The molecule has 0 fully saturated rings. The summed E-state index contributed by atoms with van der Waals surface area (Å²) >= 11 is 3.37. The average Bonchev–Trinajstić information content (AvgIpc) is 2.48. The Hall–Kier alpha value is -1.19. The third kappa shape index (κ3) is 3.10. The van der Waals surface area contributed by atoms with Gasteiger partial charge in [-0.05, 0) is 47.7 Å². The van der Waals surface area contributed by atoms with Crippen LogP contribution in [0.3, 0.4) is 0 Å². The van der Waals surface area contributed by atoms with E-state index in [0.717, 1.165) is 18.4 Å². The largest absolute Gasteiger partial charge is 0.384 e. The van der Waals surface area contributed by atoms with Crippen molar-refractivity contribution in [1.82, 2.24) is 0 Å². The van der Waals surface area contributed by atoms with Crippen LogP contribution in [0.25, 0.3) is 0 Å². The van der Waals surface area contributed by atoms with E-state index in [9.17, 15) is 9.50 Å². The second-order valence-electron chi connectivity index (χ2n) is 4.80. The van der Waals surface area contributed by atoms with Crippen molar-refractivity contribution >= 4 is 15.9 Å². The SMILES string of the molecule is CCc1ccc(C(O)c2cc(F)ccc2Br)cc1CC. The van der Waals surface area contributed by atoms with Crippen LogP contribution < -0.4 is 0 Å². The zero-order valence-corrected chi connectivity index (χ0v) is 13.2. The summed E-state index contributed by atoms with van der Waals surface area (Å²) in [5.74, 6) is -0.344. The Morgan fingerprint density at radius 1 is 1.05 bits per heavy atom. The molecule has 0 aliphatic carbocycles. The van der Waals surface area contributed by atoms with Gasteiger partial charge in [0.05, 0.1) is 0 Å². The normalized spacial score (nSPS) is 12.4. The number of rotatable bonds is 4. The van der Waals surface area contributed by atoms with Gasteiger partial charge in [0.1, 0.15) is 11.9 Å². The van der Waals surface area contributed by atoms with E-state index in [-0.39, 0.29) is 5.82 Å². The van der Waals surface area contributed by atoms with Gasteiger partial charge in [0.25, 0.3) is 0 Å². The van der Waals surface area contributed by atoms with Crippen LogP contribution in [-0.4, -0.2) is 5.11 Å². The molecular weight excluding hydrogens is 319 g/mol. The lowest BCUT2D eigenvalue weighted by atomic mass is 9.95. The van der Waals surface area contributed by atoms with Crippen LogP contribution in [0.1, 0.15) is 42.2 Å². The molecule has 0 aliphatic heterocycles. The highest BCUT2D eigenvalue weighted by atomic mass is 79.9. The highest BCUT2D eigenvalue weighted by molar-refractivity contribution is 9.10. The van der Waals surface area contributed by atoms with E-state index < -0.39 is 6.10 Å². The summed E-state index contributed by atoms with van der Waals surface area (Å²) < 4.78 is 14.1. The molecule has 3 heteroatoms. The fourth-order valence-corrected chi connectivity index (χ4v) is 2.86. The summed E-state index contributed by atoms with van der Waals surface area (Å²) in [6.45, 7) is 4.22. The Kier molecular flexibility index (Phi) is 4.95. The molecule has 2 rings (SSSR count). The van der Waals surface area contributed by atoms with Gasteiger partial charge in [-0.25, -0.2) is 4.39 Å². The Bertz CT molecular complexity index is 610. The van der Waals surface area contributed by atoms with Crippen LogP contribution in [0.5, 0.6) is 0 Å². The van der Waals surface area contributed by atoms with Crippen molar-refractivity contribution in [3.05, 3.63) is 68.9 Å². The van der Waals surface area contributed by atoms with Crippen molar-refractivity contribution in [2.45, 2.75) is 32.8 Å². The zero-order chi connectivity index (χ0) is 14.7. The molecule has 0 radical (unpaired) electrons. The molecule has 0 saturated heterocycles. The molecule has 1 atom stereocenters. The van der Waals surface area contributed by atoms with Crippen LogP contribution in [0.15, 0.2) is 40.9 Å². The second kappa shape index (κ2) is 6.51. The van der Waals surface area contributed by atoms with Gasteiger partial charge < -0.3 is 5.11 Å². The predicted molar refractivity (Wildman–Crippen MR) is 83.4 cm³/mol. The smallest absolute Gasteiger partial charge is 0.123 e. The van der Waals surface area contributed by atoms with E-state index in [1.54, 1.807) is 6.07 Å². The summed E-state index contributed by atoms with van der Waals surface area (Å²) in [6, 6.07) is 10.3. The minimum atomic E-state index is -0.823. The van der Waals surface area contributed by atoms with Gasteiger partial charge in [0.15, 0.2) is 0 Å². The minimum Gasteiger partial charge on any atom is -0.384 e. The maximum Gasteiger partial charge on any atom is 0.123 e. The highest BCUT2D eigenvalue weighted by Gasteiger charge is 2.15. The first-order valence-corrected chi connectivity index (χ1v) is 7.60. The highest BCUT2D eigenvalue weighted by Crippen LogP contribution is 2.30. The first-order valence-electron chi connectivity index (χ1n) is 6.81. The summed E-state index contributed by atoms with van der Waals surface area (Å²) in [6.07, 6.45) is 1.08. The third-order valence-electron chi connectivity index (χ3n) is 3.56. The van der Waals surface area contributed by atoms with Crippen LogP contribution in [0.2, 0.25) is 0 Å². The molecule has 106 valence electrons. The molecule has 1 nitrogen and oxygen atoms in total. The van der Waals surface area contributed by atoms with Crippen LogP contribution in [-0.2, 0) is 12.8 Å². The molecule has 0 aliphatic rings. The molecule has 2 aromatic carbocycles. The van der Waals surface area contributed by atoms with Crippen molar-refractivity contribution in [1.29, 1.82) is 0 Å². The van der Waals surface area contributed by atoms with E-state index in [1.807, 2.05) is 18.2 Å². The van der Waals surface area contributed by atoms with Gasteiger partial charge in [0.2, 0.25) is 0 Å². The summed E-state index contributed by atoms with van der Waals surface area (Å²) in [7, 11) is 0. The topological polar surface area (TPSA) is 20.2 Å². The predicted octanol–water partition coefficient (Wildman–Crippen LogP) is 4.79. The Morgan fingerprint density at radius 3 is 2.40 bits per heavy atom. The summed E-state index contributed by atoms with van der Waals surface area (Å²) in [5, 5.41) is 10.5. The maximum atomic E-state index is 13.4. The van der Waals surface area contributed by atoms with Gasteiger partial charge in [0, 0.05) is 10.0 Å². The van der Waals surface area contributed by atoms with Gasteiger partial charge in [-0.3, -0.25) is 0 Å². The van der Waals surface area contributed by atoms with Gasteiger partial charge in [-0.2, -0.15) is 0 Å². The van der Waals surface area contributed by atoms with Gasteiger partial charge in [-0.15, -0.1) is 0 Å². The molecule has 0 aromatic heterocycles. The molecule has 0 bridgehead atoms. The van der Waals surface area contributed by atoms with E-state index in [0.29, 0.717) is 10.0 Å². The van der Waals surface area contributed by atoms with Crippen molar-refractivity contribution in [2.75, 3.05) is 0 Å². The molecule has 20 heavy (non-hydrogen) atoms. The molecule has 1 unspecified atom stereocenters. The number of aliphatic hydroxyl groups is 1. The van der Waals surface area contributed by atoms with Crippen molar-refractivity contribution in [3.63, 3.8) is 0 Å². The number of hydrogen-bond donors (Lipinski definition) is 1. The van der Waals surface area contributed by atoms with Gasteiger partial charge in [-0.1, -0.05) is 48.0 Å². The van der Waals surface area contributed by atoms with Crippen molar-refractivity contribution in [2.24, 2.45) is 0 Å². The number of halogens is 2. The average molecular weight is 337 g/mol. The molecule has 0 amide bonds. The lowest BCUT2D eigenvalue weighted by molar-refractivity contribution is 0.219. The zero-order valence-electron chi connectivity index (χ0n) is 11.7. The van der Waals surface area contributed by atoms with E-state index >= 15 is 0 Å². The fraction of sp³-hybridized carbons (Fsp3) is 0.294. The van der Waals surface area contributed by atoms with Crippen LogP contribution >= 0.6 is 15.9 Å². The van der Waals surface area contributed by atoms with Gasteiger partial charge >= 0.3 is 0 Å². The van der Waals surface area contributed by atoms with Crippen LogP contribution in [0, 0.1) is 5.82 Å². The number of aliphatic hydroxyl groups excluding tert-OH is 1. The first kappa shape index (κ1) is 15.2. The van der Waals surface area contributed by atoms with E-state index in [1.165, 1.54) is 23.3 Å². The third-order valence-corrected chi connectivity index (χ3v) is 4.28. The Balaban J connectivity index is 2.42. The first-order chi connectivity index (χ1) is 9.56. The molecule has 1 N–H and O–H groups in total. The monoisotopic (exact) mass is 336 g/mol. The van der Waals surface area contributed by atoms with Crippen molar-refractivity contribution < 1.29 is 9.50 Å². The Morgan fingerprint density at radius 2 is 1.75 bits per heavy atom.